The molecule has 4 heteroatoms. The highest BCUT2D eigenvalue weighted by molar-refractivity contribution is 5.44. The third kappa shape index (κ3) is 1.55. The fraction of sp³-hybridized carbons (Fsp3) is 0.333. The molecule has 2 aromatic heterocycles. The van der Waals surface area contributed by atoms with E-state index in [0.29, 0.717) is 0 Å². The largest absolute Gasteiger partial charge is 0.301 e. The zero-order valence-electron chi connectivity index (χ0n) is 9.68. The summed E-state index contributed by atoms with van der Waals surface area (Å²) in [7, 11) is 3.80. The Bertz CT molecular complexity index is 548. The third-order valence-electron chi connectivity index (χ3n) is 2.65. The molecule has 1 unspecified atom stereocenters. The summed E-state index contributed by atoms with van der Waals surface area (Å²) < 4.78 is 1.98. The summed E-state index contributed by atoms with van der Waals surface area (Å²) in [6.45, 7) is 1.94. The molecule has 0 aliphatic heterocycles. The summed E-state index contributed by atoms with van der Waals surface area (Å²) in [6, 6.07) is 7.87. The molecule has 0 aliphatic carbocycles. The predicted octanol–water partition coefficient (Wildman–Crippen LogP) is 1.77. The minimum Gasteiger partial charge on any atom is -0.301 e. The molecule has 0 N–H and O–H groups in total. The number of rotatable bonds is 2. The van der Waals surface area contributed by atoms with E-state index in [0.717, 1.165) is 17.0 Å². The van der Waals surface area contributed by atoms with E-state index in [2.05, 4.69) is 11.1 Å². The zero-order valence-corrected chi connectivity index (χ0v) is 9.68. The van der Waals surface area contributed by atoms with Crippen molar-refractivity contribution in [2.75, 3.05) is 14.1 Å². The molecule has 0 spiro atoms. The van der Waals surface area contributed by atoms with Gasteiger partial charge in [-0.2, -0.15) is 5.26 Å². The van der Waals surface area contributed by atoms with Gasteiger partial charge < -0.3 is 4.40 Å². The van der Waals surface area contributed by atoms with Crippen LogP contribution in [-0.2, 0) is 0 Å². The maximum Gasteiger partial charge on any atom is 0.140 e. The maximum atomic E-state index is 9.22. The van der Waals surface area contributed by atoms with Crippen LogP contribution in [0.2, 0.25) is 0 Å². The van der Waals surface area contributed by atoms with Crippen molar-refractivity contribution in [1.29, 1.82) is 5.26 Å². The molecule has 0 bridgehead atoms. The average molecular weight is 214 g/mol. The Morgan fingerprint density at radius 3 is 2.81 bits per heavy atom. The molecule has 0 radical (unpaired) electrons. The van der Waals surface area contributed by atoms with E-state index in [1.807, 2.05) is 54.7 Å². The van der Waals surface area contributed by atoms with Crippen LogP contribution in [0.1, 0.15) is 17.4 Å². The van der Waals surface area contributed by atoms with Crippen molar-refractivity contribution in [3.63, 3.8) is 0 Å². The van der Waals surface area contributed by atoms with Crippen molar-refractivity contribution >= 4 is 5.65 Å². The van der Waals surface area contributed by atoms with Crippen LogP contribution in [0, 0.1) is 18.3 Å². The molecule has 1 atom stereocenters. The van der Waals surface area contributed by atoms with E-state index in [1.165, 1.54) is 0 Å². The molecule has 4 nitrogen and oxygen atoms in total. The molecule has 82 valence electrons. The lowest BCUT2D eigenvalue weighted by atomic mass is 10.2. The van der Waals surface area contributed by atoms with Crippen LogP contribution in [0.4, 0.5) is 0 Å². The molecule has 2 aromatic rings. The predicted molar refractivity (Wildman–Crippen MR) is 62.0 cm³/mol. The van der Waals surface area contributed by atoms with Gasteiger partial charge in [-0.1, -0.05) is 6.07 Å². The van der Waals surface area contributed by atoms with Crippen LogP contribution in [0.3, 0.4) is 0 Å². The SMILES string of the molecule is Cc1nc2ccccn2c1C(C#N)N(C)C. The first-order valence-corrected chi connectivity index (χ1v) is 5.14. The quantitative estimate of drug-likeness (QED) is 0.765. The molecular weight excluding hydrogens is 200 g/mol. The number of hydrogen-bond acceptors (Lipinski definition) is 3. The molecule has 0 amide bonds. The van der Waals surface area contributed by atoms with Gasteiger partial charge in [0, 0.05) is 6.20 Å². The second-order valence-corrected chi connectivity index (χ2v) is 4.01. The first kappa shape index (κ1) is 10.7. The number of aryl methyl sites for hydroxylation is 1. The van der Waals surface area contributed by atoms with Gasteiger partial charge in [0.1, 0.15) is 11.7 Å². The second kappa shape index (κ2) is 3.95. The van der Waals surface area contributed by atoms with Crippen molar-refractivity contribution in [2.24, 2.45) is 0 Å². The maximum absolute atomic E-state index is 9.22. The number of pyridine rings is 1. The molecule has 0 aromatic carbocycles. The summed E-state index contributed by atoms with van der Waals surface area (Å²) in [5.74, 6) is 0. The van der Waals surface area contributed by atoms with Gasteiger partial charge in [-0.15, -0.1) is 0 Å². The van der Waals surface area contributed by atoms with Crippen LogP contribution in [0.15, 0.2) is 24.4 Å². The summed E-state index contributed by atoms with van der Waals surface area (Å²) in [5.41, 5.74) is 2.74. The fourth-order valence-corrected chi connectivity index (χ4v) is 1.88. The Kier molecular flexibility index (Phi) is 2.63. The molecule has 16 heavy (non-hydrogen) atoms. The number of hydrogen-bond donors (Lipinski definition) is 0. The topological polar surface area (TPSA) is 44.3 Å². The van der Waals surface area contributed by atoms with Crippen molar-refractivity contribution in [3.8, 4) is 6.07 Å². The molecule has 2 heterocycles. The zero-order chi connectivity index (χ0) is 11.7. The Balaban J connectivity index is 2.68. The highest BCUT2D eigenvalue weighted by Crippen LogP contribution is 2.22. The minimum atomic E-state index is -0.266. The summed E-state index contributed by atoms with van der Waals surface area (Å²) >= 11 is 0. The third-order valence-corrected chi connectivity index (χ3v) is 2.65. The van der Waals surface area contributed by atoms with E-state index in [9.17, 15) is 5.26 Å². The Morgan fingerprint density at radius 2 is 2.19 bits per heavy atom. The lowest BCUT2D eigenvalue weighted by Gasteiger charge is -2.17. The Morgan fingerprint density at radius 1 is 1.44 bits per heavy atom. The molecule has 0 saturated heterocycles. The van der Waals surface area contributed by atoms with Gasteiger partial charge in [-0.05, 0) is 33.2 Å². The van der Waals surface area contributed by atoms with E-state index in [-0.39, 0.29) is 6.04 Å². The van der Waals surface area contributed by atoms with Crippen LogP contribution < -0.4 is 0 Å². The molecule has 0 saturated carbocycles. The normalized spacial score (nSPS) is 12.9. The fourth-order valence-electron chi connectivity index (χ4n) is 1.88. The summed E-state index contributed by atoms with van der Waals surface area (Å²) in [5, 5.41) is 9.22. The molecule has 2 rings (SSSR count). The standard InChI is InChI=1S/C12H14N4/c1-9-12(10(8-13)15(2)3)16-7-5-4-6-11(16)14-9/h4-7,10H,1-3H3. The van der Waals surface area contributed by atoms with E-state index < -0.39 is 0 Å². The van der Waals surface area contributed by atoms with E-state index in [1.54, 1.807) is 0 Å². The average Bonchev–Trinajstić information content (AvgIpc) is 2.57. The summed E-state index contributed by atoms with van der Waals surface area (Å²) in [6.07, 6.45) is 1.94. The van der Waals surface area contributed by atoms with Gasteiger partial charge >= 0.3 is 0 Å². The van der Waals surface area contributed by atoms with Crippen molar-refractivity contribution in [1.82, 2.24) is 14.3 Å². The van der Waals surface area contributed by atoms with Crippen LogP contribution >= 0.6 is 0 Å². The lowest BCUT2D eigenvalue weighted by Crippen LogP contribution is -2.20. The lowest BCUT2D eigenvalue weighted by molar-refractivity contribution is 0.350. The number of nitriles is 1. The van der Waals surface area contributed by atoms with Gasteiger partial charge in [0.15, 0.2) is 0 Å². The van der Waals surface area contributed by atoms with Crippen molar-refractivity contribution < 1.29 is 0 Å². The van der Waals surface area contributed by atoms with Crippen molar-refractivity contribution in [2.45, 2.75) is 13.0 Å². The Labute approximate surface area is 94.7 Å². The van der Waals surface area contributed by atoms with E-state index >= 15 is 0 Å². The first-order valence-electron chi connectivity index (χ1n) is 5.14. The smallest absolute Gasteiger partial charge is 0.140 e. The van der Waals surface area contributed by atoms with Crippen molar-refractivity contribution in [3.05, 3.63) is 35.8 Å². The van der Waals surface area contributed by atoms with Crippen LogP contribution in [0.25, 0.3) is 5.65 Å². The number of nitrogens with zero attached hydrogens (tertiary/aromatic N) is 4. The molecular formula is C12H14N4. The minimum absolute atomic E-state index is 0.266. The first-order chi connectivity index (χ1) is 7.65. The van der Waals surface area contributed by atoms with Gasteiger partial charge in [0.25, 0.3) is 0 Å². The van der Waals surface area contributed by atoms with Gasteiger partial charge in [0.2, 0.25) is 0 Å². The van der Waals surface area contributed by atoms with Gasteiger partial charge in [-0.25, -0.2) is 4.98 Å². The molecule has 0 aliphatic rings. The molecule has 0 fully saturated rings. The van der Waals surface area contributed by atoms with Gasteiger partial charge in [0.05, 0.1) is 17.5 Å². The monoisotopic (exact) mass is 214 g/mol. The van der Waals surface area contributed by atoms with Gasteiger partial charge in [-0.3, -0.25) is 4.90 Å². The Hall–Kier alpha value is -1.86. The highest BCUT2D eigenvalue weighted by atomic mass is 15.1. The summed E-state index contributed by atoms with van der Waals surface area (Å²) in [4.78, 5) is 6.34. The number of fused-ring (bicyclic) bond motifs is 1. The van der Waals surface area contributed by atoms with Crippen LogP contribution in [-0.4, -0.2) is 28.4 Å². The van der Waals surface area contributed by atoms with Crippen LogP contribution in [0.5, 0.6) is 0 Å². The highest BCUT2D eigenvalue weighted by Gasteiger charge is 2.20. The van der Waals surface area contributed by atoms with E-state index in [4.69, 9.17) is 0 Å². The number of imidazole rings is 1. The second-order valence-electron chi connectivity index (χ2n) is 4.01. The number of aromatic nitrogens is 2.